The maximum absolute atomic E-state index is 14.9. The van der Waals surface area contributed by atoms with Gasteiger partial charge in [0.2, 0.25) is 5.91 Å². The Balaban J connectivity index is 1.70. The molecule has 2 aliphatic heterocycles. The Bertz CT molecular complexity index is 803. The lowest BCUT2D eigenvalue weighted by atomic mass is 10.1. The summed E-state index contributed by atoms with van der Waals surface area (Å²) >= 11 is 0. The van der Waals surface area contributed by atoms with Gasteiger partial charge < -0.3 is 14.4 Å². The Labute approximate surface area is 169 Å². The highest BCUT2D eigenvalue weighted by Crippen LogP contribution is 2.29. The van der Waals surface area contributed by atoms with Crippen LogP contribution in [0.3, 0.4) is 0 Å². The van der Waals surface area contributed by atoms with Gasteiger partial charge in [-0.3, -0.25) is 14.7 Å². The van der Waals surface area contributed by atoms with Gasteiger partial charge in [-0.25, -0.2) is 14.2 Å². The molecule has 8 nitrogen and oxygen atoms in total. The van der Waals surface area contributed by atoms with Crippen molar-refractivity contribution in [2.24, 2.45) is 0 Å². The van der Waals surface area contributed by atoms with Crippen LogP contribution in [0.1, 0.15) is 26.7 Å². The van der Waals surface area contributed by atoms with Crippen LogP contribution in [0.2, 0.25) is 0 Å². The predicted molar refractivity (Wildman–Crippen MR) is 106 cm³/mol. The molecule has 0 aliphatic carbocycles. The molecular formula is C20H27FN4O4. The van der Waals surface area contributed by atoms with Crippen LogP contribution in [0.5, 0.6) is 0 Å². The molecule has 1 aromatic rings. The molecule has 2 aliphatic rings. The van der Waals surface area contributed by atoms with Gasteiger partial charge in [0.1, 0.15) is 17.7 Å². The van der Waals surface area contributed by atoms with Gasteiger partial charge in [-0.05, 0) is 31.5 Å². The Hall–Kier alpha value is -2.68. The Kier molecular flexibility index (Phi) is 6.36. The number of likely N-dealkylation sites (N-methyl/N-ethyl adjacent to an activating group) is 1. The molecule has 1 atom stereocenters. The lowest BCUT2D eigenvalue weighted by Gasteiger charge is -2.27. The number of ketones is 1. The molecule has 0 aromatic heterocycles. The van der Waals surface area contributed by atoms with E-state index in [-0.39, 0.29) is 17.8 Å². The number of halogens is 1. The van der Waals surface area contributed by atoms with E-state index in [1.54, 1.807) is 17.1 Å². The quantitative estimate of drug-likeness (QED) is 0.745. The van der Waals surface area contributed by atoms with Crippen LogP contribution in [0.25, 0.3) is 0 Å². The lowest BCUT2D eigenvalue weighted by Crippen LogP contribution is -2.43. The van der Waals surface area contributed by atoms with Crippen molar-refractivity contribution in [3.8, 4) is 0 Å². The summed E-state index contributed by atoms with van der Waals surface area (Å²) in [6.07, 6.45) is -0.0849. The standard InChI is InChI=1S/C20H27FN4O4/c1-14(26)4-6-17-13-24(20(28)29-17)16-5-7-19(18(21)12-16)23-9-8-22(3)25(11-10-23)15(2)27/h5,7,12,17H,4,6,8-11,13H2,1-3H3/t17-/m0/s1. The van der Waals surface area contributed by atoms with Crippen LogP contribution in [-0.2, 0) is 14.3 Å². The number of carbonyl (C=O) groups excluding carboxylic acids is 3. The number of carbonyl (C=O) groups is 3. The summed E-state index contributed by atoms with van der Waals surface area (Å²) in [7, 11) is 1.84. The molecule has 2 heterocycles. The Morgan fingerprint density at radius 3 is 2.55 bits per heavy atom. The fourth-order valence-corrected chi connectivity index (χ4v) is 3.69. The zero-order valence-electron chi connectivity index (χ0n) is 17.1. The van der Waals surface area contributed by atoms with Gasteiger partial charge in [0.15, 0.2) is 0 Å². The highest BCUT2D eigenvalue weighted by atomic mass is 19.1. The Morgan fingerprint density at radius 1 is 1.17 bits per heavy atom. The summed E-state index contributed by atoms with van der Waals surface area (Å²) < 4.78 is 20.2. The van der Waals surface area contributed by atoms with Crippen molar-refractivity contribution in [3.05, 3.63) is 24.0 Å². The van der Waals surface area contributed by atoms with Crippen molar-refractivity contribution in [1.29, 1.82) is 0 Å². The summed E-state index contributed by atoms with van der Waals surface area (Å²) in [5, 5.41) is 3.49. The second kappa shape index (κ2) is 8.77. The number of anilines is 2. The van der Waals surface area contributed by atoms with E-state index in [0.29, 0.717) is 56.9 Å². The third kappa shape index (κ3) is 4.84. The van der Waals surface area contributed by atoms with Crippen LogP contribution in [0, 0.1) is 5.82 Å². The molecule has 9 heteroatoms. The summed E-state index contributed by atoms with van der Waals surface area (Å²) in [4.78, 5) is 38.3. The molecule has 0 N–H and O–H groups in total. The van der Waals surface area contributed by atoms with Gasteiger partial charge in [-0.15, -0.1) is 0 Å². The van der Waals surface area contributed by atoms with Gasteiger partial charge in [0.25, 0.3) is 0 Å². The Morgan fingerprint density at radius 2 is 1.90 bits per heavy atom. The molecule has 0 saturated carbocycles. The first-order valence-electron chi connectivity index (χ1n) is 9.77. The van der Waals surface area contributed by atoms with Gasteiger partial charge in [0.05, 0.1) is 24.5 Å². The van der Waals surface area contributed by atoms with E-state index in [2.05, 4.69) is 0 Å². The number of amides is 2. The molecular weight excluding hydrogens is 379 g/mol. The van der Waals surface area contributed by atoms with Gasteiger partial charge in [-0.1, -0.05) is 0 Å². The number of ether oxygens (including phenoxy) is 1. The number of hydrogen-bond donors (Lipinski definition) is 0. The maximum Gasteiger partial charge on any atom is 0.414 e. The second-order valence-electron chi connectivity index (χ2n) is 7.50. The van der Waals surface area contributed by atoms with E-state index in [0.717, 1.165) is 0 Å². The summed E-state index contributed by atoms with van der Waals surface area (Å²) in [5.41, 5.74) is 0.868. The fraction of sp³-hybridized carbons (Fsp3) is 0.550. The molecule has 2 saturated heterocycles. The van der Waals surface area contributed by atoms with Crippen LogP contribution in [0.15, 0.2) is 18.2 Å². The highest BCUT2D eigenvalue weighted by molar-refractivity contribution is 5.90. The van der Waals surface area contributed by atoms with E-state index >= 15 is 0 Å². The zero-order chi connectivity index (χ0) is 21.1. The molecule has 0 spiro atoms. The molecule has 2 amide bonds. The van der Waals surface area contributed by atoms with E-state index < -0.39 is 11.9 Å². The SMILES string of the molecule is CC(=O)CC[C@H]1CN(c2ccc(N3CCN(C)N(C(C)=O)CC3)c(F)c2)C(=O)O1. The van der Waals surface area contributed by atoms with E-state index in [9.17, 15) is 18.8 Å². The third-order valence-corrected chi connectivity index (χ3v) is 5.33. The van der Waals surface area contributed by atoms with Gasteiger partial charge >= 0.3 is 6.09 Å². The van der Waals surface area contributed by atoms with Crippen LogP contribution >= 0.6 is 0 Å². The normalized spacial score (nSPS) is 20.6. The zero-order valence-corrected chi connectivity index (χ0v) is 17.1. The largest absolute Gasteiger partial charge is 0.444 e. The summed E-state index contributed by atoms with van der Waals surface area (Å²) in [6, 6.07) is 4.69. The molecule has 29 heavy (non-hydrogen) atoms. The smallest absolute Gasteiger partial charge is 0.414 e. The number of rotatable bonds is 5. The van der Waals surface area contributed by atoms with Crippen molar-refractivity contribution in [2.45, 2.75) is 32.8 Å². The average molecular weight is 406 g/mol. The first-order chi connectivity index (χ1) is 13.8. The maximum atomic E-state index is 14.9. The number of cyclic esters (lactones) is 1. The van der Waals surface area contributed by atoms with Gasteiger partial charge in [0, 0.05) is 40.0 Å². The molecule has 3 rings (SSSR count). The highest BCUT2D eigenvalue weighted by Gasteiger charge is 2.33. The first-order valence-corrected chi connectivity index (χ1v) is 9.77. The second-order valence-corrected chi connectivity index (χ2v) is 7.50. The van der Waals surface area contributed by atoms with Crippen LogP contribution < -0.4 is 9.80 Å². The fourth-order valence-electron chi connectivity index (χ4n) is 3.69. The minimum Gasteiger partial charge on any atom is -0.444 e. The molecule has 0 radical (unpaired) electrons. The summed E-state index contributed by atoms with van der Waals surface area (Å²) in [6.45, 7) is 5.47. The molecule has 2 fully saturated rings. The third-order valence-electron chi connectivity index (χ3n) is 5.33. The van der Waals surface area contributed by atoms with E-state index in [1.807, 2.05) is 17.0 Å². The van der Waals surface area contributed by atoms with Crippen molar-refractivity contribution in [1.82, 2.24) is 10.0 Å². The van der Waals surface area contributed by atoms with Crippen LogP contribution in [0.4, 0.5) is 20.6 Å². The van der Waals surface area contributed by atoms with Crippen molar-refractivity contribution in [3.63, 3.8) is 0 Å². The number of benzene rings is 1. The minimum atomic E-state index is -0.529. The summed E-state index contributed by atoms with van der Waals surface area (Å²) in [5.74, 6) is -0.431. The van der Waals surface area contributed by atoms with Crippen molar-refractivity contribution < 1.29 is 23.5 Å². The molecule has 1 aromatic carbocycles. The predicted octanol–water partition coefficient (Wildman–Crippen LogP) is 2.04. The first kappa shape index (κ1) is 21.0. The number of hydrogen-bond acceptors (Lipinski definition) is 6. The van der Waals surface area contributed by atoms with Gasteiger partial charge in [-0.2, -0.15) is 0 Å². The number of hydrazine groups is 1. The van der Waals surface area contributed by atoms with Crippen molar-refractivity contribution >= 4 is 29.2 Å². The molecule has 0 unspecified atom stereocenters. The number of nitrogens with zero attached hydrogens (tertiary/aromatic N) is 4. The topological polar surface area (TPSA) is 73.4 Å². The average Bonchev–Trinajstić information content (AvgIpc) is 2.91. The molecule has 0 bridgehead atoms. The van der Waals surface area contributed by atoms with E-state index in [1.165, 1.54) is 24.8 Å². The van der Waals surface area contributed by atoms with Crippen LogP contribution in [-0.4, -0.2) is 73.7 Å². The lowest BCUT2D eigenvalue weighted by molar-refractivity contribution is -0.142. The number of Topliss-reactive ketones (excluding diaryl/α,β-unsaturated/α-hetero) is 1. The van der Waals surface area contributed by atoms with E-state index in [4.69, 9.17) is 4.74 Å². The minimum absolute atomic E-state index is 0.0429. The van der Waals surface area contributed by atoms with Crippen molar-refractivity contribution in [2.75, 3.05) is 49.6 Å². The monoisotopic (exact) mass is 406 g/mol. The molecule has 158 valence electrons.